The molecule has 3 rings (SSSR count). The first-order valence-corrected chi connectivity index (χ1v) is 10.0. The van der Waals surface area contributed by atoms with Crippen LogP contribution in [-0.4, -0.2) is 46.8 Å². The highest BCUT2D eigenvalue weighted by Gasteiger charge is 2.30. The number of rotatable bonds is 4. The van der Waals surface area contributed by atoms with Crippen LogP contribution < -0.4 is 5.32 Å². The predicted octanol–water partition coefficient (Wildman–Crippen LogP) is 3.94. The van der Waals surface area contributed by atoms with Gasteiger partial charge in [-0.25, -0.2) is 4.99 Å². The fourth-order valence-electron chi connectivity index (χ4n) is 3.56. The Balaban J connectivity index is 0.00000341. The minimum Gasteiger partial charge on any atom is -0.356 e. The topological polar surface area (TPSA) is 45.5 Å². The van der Waals surface area contributed by atoms with E-state index in [9.17, 15) is 13.2 Å². The fourth-order valence-corrected chi connectivity index (χ4v) is 3.56. The number of nitrogens with one attached hydrogen (secondary N) is 1. The minimum atomic E-state index is -4.36. The molecule has 1 aliphatic heterocycles. The van der Waals surface area contributed by atoms with Gasteiger partial charge in [-0.3, -0.25) is 4.68 Å². The van der Waals surface area contributed by atoms with Crippen molar-refractivity contribution in [1.29, 1.82) is 0 Å². The normalized spacial score (nSPS) is 16.5. The number of benzene rings is 1. The van der Waals surface area contributed by atoms with Crippen LogP contribution in [0.3, 0.4) is 0 Å². The summed E-state index contributed by atoms with van der Waals surface area (Å²) in [7, 11) is 1.92. The van der Waals surface area contributed by atoms with Crippen molar-refractivity contribution in [1.82, 2.24) is 20.0 Å². The van der Waals surface area contributed by atoms with Crippen molar-refractivity contribution >= 4 is 29.9 Å². The lowest BCUT2D eigenvalue weighted by molar-refractivity contribution is -0.137. The summed E-state index contributed by atoms with van der Waals surface area (Å²) in [4.78, 5) is 6.77. The van der Waals surface area contributed by atoms with E-state index >= 15 is 0 Å². The molecule has 0 saturated carbocycles. The Kier molecular flexibility index (Phi) is 9.22. The molecule has 1 fully saturated rings. The monoisotopic (exact) mass is 545 g/mol. The van der Waals surface area contributed by atoms with E-state index in [0.717, 1.165) is 50.6 Å². The van der Waals surface area contributed by atoms with Crippen LogP contribution in [0.4, 0.5) is 13.2 Å². The number of aliphatic imine (C=N–C) groups is 1. The van der Waals surface area contributed by atoms with Gasteiger partial charge in [0.15, 0.2) is 5.96 Å². The molecule has 0 bridgehead atoms. The van der Waals surface area contributed by atoms with Gasteiger partial charge in [0.2, 0.25) is 0 Å². The largest absolute Gasteiger partial charge is 0.416 e. The van der Waals surface area contributed by atoms with Crippen LogP contribution in [0.1, 0.15) is 30.0 Å². The number of nitrogens with zero attached hydrogens (tertiary/aromatic N) is 4. The third-order valence-corrected chi connectivity index (χ3v) is 4.93. The number of halogens is 4. The second kappa shape index (κ2) is 11.4. The molecule has 0 aliphatic carbocycles. The first-order valence-electron chi connectivity index (χ1n) is 10.0. The van der Waals surface area contributed by atoms with Gasteiger partial charge < -0.3 is 10.2 Å². The number of aryl methyl sites for hydroxylation is 1. The van der Waals surface area contributed by atoms with Gasteiger partial charge in [-0.05, 0) is 49.4 Å². The zero-order valence-electron chi connectivity index (χ0n) is 17.6. The Morgan fingerprint density at radius 1 is 1.35 bits per heavy atom. The van der Waals surface area contributed by atoms with Gasteiger partial charge in [0.05, 0.1) is 11.8 Å². The zero-order valence-corrected chi connectivity index (χ0v) is 19.9. The van der Waals surface area contributed by atoms with Gasteiger partial charge in [-0.2, -0.15) is 18.3 Å². The van der Waals surface area contributed by atoms with E-state index in [1.165, 1.54) is 11.6 Å². The summed E-state index contributed by atoms with van der Waals surface area (Å²) in [5.41, 5.74) is 0.879. The molecule has 2 heterocycles. The molecule has 1 aliphatic rings. The van der Waals surface area contributed by atoms with Crippen LogP contribution >= 0.6 is 24.0 Å². The molecule has 1 N–H and O–H groups in total. The maximum Gasteiger partial charge on any atom is 0.416 e. The summed E-state index contributed by atoms with van der Waals surface area (Å²) in [6.45, 7) is 4.79. The van der Waals surface area contributed by atoms with Crippen molar-refractivity contribution in [3.05, 3.63) is 53.3 Å². The average molecular weight is 545 g/mol. The molecule has 1 aromatic heterocycles. The van der Waals surface area contributed by atoms with E-state index in [2.05, 4.69) is 32.1 Å². The first kappa shape index (κ1) is 25.0. The molecule has 31 heavy (non-hydrogen) atoms. The minimum absolute atomic E-state index is 0. The summed E-state index contributed by atoms with van der Waals surface area (Å²) in [5, 5.41) is 7.51. The molecule has 9 heteroatoms. The maximum atomic E-state index is 12.8. The van der Waals surface area contributed by atoms with Gasteiger partial charge in [-0.15, -0.1) is 24.0 Å². The molecule has 0 spiro atoms. The van der Waals surface area contributed by atoms with Gasteiger partial charge in [0, 0.05) is 38.4 Å². The van der Waals surface area contributed by atoms with Gasteiger partial charge >= 0.3 is 6.18 Å². The van der Waals surface area contributed by atoms with Crippen molar-refractivity contribution in [3.63, 3.8) is 0 Å². The van der Waals surface area contributed by atoms with Gasteiger partial charge in [0.1, 0.15) is 6.54 Å². The van der Waals surface area contributed by atoms with Crippen molar-refractivity contribution < 1.29 is 13.2 Å². The van der Waals surface area contributed by atoms with Crippen LogP contribution in [0.15, 0.2) is 41.7 Å². The standard InChI is InChI=1S/C22H26F3N5.HI/c1-3-26-21(30-11-9-18(16-30)12-19-14-28-29(2)15-19)27-10-5-7-17-6-4-8-20(13-17)22(23,24)25;/h4,6,8,13-15,18H,3,9-12,16H2,1-2H3,(H,26,27);1H. The molecule has 168 valence electrons. The van der Waals surface area contributed by atoms with E-state index in [1.807, 2.05) is 31.0 Å². The van der Waals surface area contributed by atoms with E-state index in [4.69, 9.17) is 0 Å². The van der Waals surface area contributed by atoms with E-state index in [0.29, 0.717) is 11.5 Å². The van der Waals surface area contributed by atoms with Crippen molar-refractivity contribution in [2.75, 3.05) is 26.2 Å². The molecule has 2 aromatic rings. The molecular weight excluding hydrogens is 518 g/mol. The highest BCUT2D eigenvalue weighted by Crippen LogP contribution is 2.29. The fraction of sp³-hybridized carbons (Fsp3) is 0.455. The first-order chi connectivity index (χ1) is 14.3. The lowest BCUT2D eigenvalue weighted by Crippen LogP contribution is -2.40. The molecule has 5 nitrogen and oxygen atoms in total. The molecule has 1 atom stereocenters. The predicted molar refractivity (Wildman–Crippen MR) is 126 cm³/mol. The number of aromatic nitrogens is 2. The Hall–Kier alpha value is -2.22. The van der Waals surface area contributed by atoms with E-state index < -0.39 is 11.7 Å². The Bertz CT molecular complexity index is 942. The molecule has 1 aromatic carbocycles. The lowest BCUT2D eigenvalue weighted by atomic mass is 10.0. The molecule has 0 radical (unpaired) electrons. The highest BCUT2D eigenvalue weighted by atomic mass is 127. The SMILES string of the molecule is CCNC(=NCC#Cc1cccc(C(F)(F)F)c1)N1CCC(Cc2cnn(C)c2)C1.I. The van der Waals surface area contributed by atoms with Crippen molar-refractivity contribution in [2.45, 2.75) is 25.9 Å². The van der Waals surface area contributed by atoms with Gasteiger partial charge in [0.25, 0.3) is 0 Å². The number of hydrogen-bond donors (Lipinski definition) is 1. The Labute approximate surface area is 198 Å². The molecule has 1 unspecified atom stereocenters. The molecule has 0 amide bonds. The summed E-state index contributed by atoms with van der Waals surface area (Å²) in [5.74, 6) is 6.97. The van der Waals surface area contributed by atoms with E-state index in [-0.39, 0.29) is 30.5 Å². The molecular formula is C22H27F3IN5. The molecule has 1 saturated heterocycles. The lowest BCUT2D eigenvalue weighted by Gasteiger charge is -2.21. The highest BCUT2D eigenvalue weighted by molar-refractivity contribution is 14.0. The van der Waals surface area contributed by atoms with Crippen LogP contribution in [-0.2, 0) is 19.6 Å². The second-order valence-corrected chi connectivity index (χ2v) is 7.38. The zero-order chi connectivity index (χ0) is 21.6. The maximum absolute atomic E-state index is 12.8. The van der Waals surface area contributed by atoms with E-state index in [1.54, 1.807) is 6.07 Å². The van der Waals surface area contributed by atoms with Crippen molar-refractivity contribution in [2.24, 2.45) is 18.0 Å². The third-order valence-electron chi connectivity index (χ3n) is 4.93. The summed E-state index contributed by atoms with van der Waals surface area (Å²) >= 11 is 0. The Morgan fingerprint density at radius 2 is 2.16 bits per heavy atom. The van der Waals surface area contributed by atoms with Gasteiger partial charge in [-0.1, -0.05) is 17.9 Å². The van der Waals surface area contributed by atoms with Crippen LogP contribution in [0.5, 0.6) is 0 Å². The number of guanidine groups is 1. The average Bonchev–Trinajstić information content (AvgIpc) is 3.33. The third kappa shape index (κ3) is 7.45. The summed E-state index contributed by atoms with van der Waals surface area (Å²) in [6, 6.07) is 5.04. The summed E-state index contributed by atoms with van der Waals surface area (Å²) in [6.07, 6.45) is 1.65. The Morgan fingerprint density at radius 3 is 2.84 bits per heavy atom. The van der Waals surface area contributed by atoms with Crippen LogP contribution in [0.2, 0.25) is 0 Å². The van der Waals surface area contributed by atoms with Crippen LogP contribution in [0, 0.1) is 17.8 Å². The number of alkyl halides is 3. The second-order valence-electron chi connectivity index (χ2n) is 7.38. The number of likely N-dealkylation sites (tertiary alicyclic amines) is 1. The number of hydrogen-bond acceptors (Lipinski definition) is 2. The van der Waals surface area contributed by atoms with Crippen molar-refractivity contribution in [3.8, 4) is 11.8 Å². The smallest absolute Gasteiger partial charge is 0.356 e. The quantitative estimate of drug-likeness (QED) is 0.274. The van der Waals surface area contributed by atoms with Crippen LogP contribution in [0.25, 0.3) is 0 Å². The summed E-state index contributed by atoms with van der Waals surface area (Å²) < 4.78 is 40.2.